The second-order valence-corrected chi connectivity index (χ2v) is 5.30. The molecule has 0 bridgehead atoms. The number of nitrogens with one attached hydrogen (secondary N) is 1. The van der Waals surface area contributed by atoms with E-state index < -0.39 is 0 Å². The van der Waals surface area contributed by atoms with Gasteiger partial charge in [0.05, 0.1) is 5.56 Å². The first-order valence-electron chi connectivity index (χ1n) is 5.95. The number of hydrogen-bond donors (Lipinski definition) is 2. The fourth-order valence-corrected chi connectivity index (χ4v) is 2.00. The molecule has 0 radical (unpaired) electrons. The smallest absolute Gasteiger partial charge is 0.144 e. The van der Waals surface area contributed by atoms with Crippen LogP contribution in [-0.4, -0.2) is 17.1 Å². The van der Waals surface area contributed by atoms with E-state index in [2.05, 4.69) is 16.4 Å². The minimum Gasteiger partial charge on any atom is -0.367 e. The van der Waals surface area contributed by atoms with Crippen molar-refractivity contribution in [3.8, 4) is 6.07 Å². The van der Waals surface area contributed by atoms with Crippen LogP contribution in [0.25, 0.3) is 0 Å². The molecule has 0 atom stereocenters. The number of fused-ring (bicyclic) bond motifs is 1. The molecule has 0 fully saturated rings. The van der Waals surface area contributed by atoms with Crippen molar-refractivity contribution in [1.29, 1.82) is 5.26 Å². The van der Waals surface area contributed by atoms with E-state index in [1.807, 2.05) is 19.9 Å². The Balaban J connectivity index is 2.25. The van der Waals surface area contributed by atoms with Crippen LogP contribution >= 0.6 is 0 Å². The highest BCUT2D eigenvalue weighted by Crippen LogP contribution is 2.24. The zero-order valence-electron chi connectivity index (χ0n) is 10.4. The second kappa shape index (κ2) is 4.34. The van der Waals surface area contributed by atoms with Gasteiger partial charge in [-0.15, -0.1) is 0 Å². The number of anilines is 1. The molecule has 1 aromatic heterocycles. The third-order valence-electron chi connectivity index (χ3n) is 2.88. The highest BCUT2D eigenvalue weighted by atomic mass is 15.0. The molecule has 0 aliphatic heterocycles. The van der Waals surface area contributed by atoms with E-state index in [4.69, 9.17) is 11.0 Å². The standard InChI is InChI=1S/C13H18N4/c1-13(2,15)8-16-12-10(7-14)6-9-4-3-5-11(9)17-12/h6H,3-5,8,15H2,1-2H3,(H,16,17). The lowest BCUT2D eigenvalue weighted by atomic mass is 10.1. The van der Waals surface area contributed by atoms with Gasteiger partial charge in [-0.25, -0.2) is 4.98 Å². The Hall–Kier alpha value is -1.60. The SMILES string of the molecule is CC(C)(N)CNc1nc2c(cc1C#N)CCC2. The van der Waals surface area contributed by atoms with Crippen molar-refractivity contribution in [2.24, 2.45) is 5.73 Å². The van der Waals surface area contributed by atoms with E-state index in [0.29, 0.717) is 17.9 Å². The molecule has 17 heavy (non-hydrogen) atoms. The second-order valence-electron chi connectivity index (χ2n) is 5.30. The van der Waals surface area contributed by atoms with Gasteiger partial charge < -0.3 is 11.1 Å². The van der Waals surface area contributed by atoms with Crippen LogP contribution in [0.3, 0.4) is 0 Å². The predicted octanol–water partition coefficient (Wildman–Crippen LogP) is 1.59. The maximum absolute atomic E-state index is 9.12. The Bertz CT molecular complexity index is 466. The van der Waals surface area contributed by atoms with Crippen molar-refractivity contribution in [3.63, 3.8) is 0 Å². The largest absolute Gasteiger partial charge is 0.367 e. The predicted molar refractivity (Wildman–Crippen MR) is 67.7 cm³/mol. The van der Waals surface area contributed by atoms with Gasteiger partial charge in [0.2, 0.25) is 0 Å². The number of hydrogen-bond acceptors (Lipinski definition) is 4. The Labute approximate surface area is 102 Å². The van der Waals surface area contributed by atoms with Crippen LogP contribution in [0.4, 0.5) is 5.82 Å². The van der Waals surface area contributed by atoms with Crippen molar-refractivity contribution in [2.75, 3.05) is 11.9 Å². The molecular formula is C13H18N4. The van der Waals surface area contributed by atoms with Crippen LogP contribution in [0.5, 0.6) is 0 Å². The van der Waals surface area contributed by atoms with Crippen molar-refractivity contribution in [1.82, 2.24) is 4.98 Å². The average Bonchev–Trinajstić information content (AvgIpc) is 2.70. The number of nitriles is 1. The number of nitrogens with zero attached hydrogens (tertiary/aromatic N) is 2. The summed E-state index contributed by atoms with van der Waals surface area (Å²) >= 11 is 0. The maximum Gasteiger partial charge on any atom is 0.144 e. The number of aromatic nitrogens is 1. The van der Waals surface area contributed by atoms with E-state index in [9.17, 15) is 0 Å². The van der Waals surface area contributed by atoms with Gasteiger partial charge in [0, 0.05) is 17.8 Å². The maximum atomic E-state index is 9.12. The van der Waals surface area contributed by atoms with Crippen LogP contribution in [0.15, 0.2) is 6.07 Å². The summed E-state index contributed by atoms with van der Waals surface area (Å²) < 4.78 is 0. The van der Waals surface area contributed by atoms with Gasteiger partial charge in [-0.2, -0.15) is 5.26 Å². The Morgan fingerprint density at radius 1 is 1.53 bits per heavy atom. The first-order valence-corrected chi connectivity index (χ1v) is 5.95. The summed E-state index contributed by atoms with van der Waals surface area (Å²) in [5.74, 6) is 0.673. The Kier molecular flexibility index (Phi) is 3.03. The molecule has 2 rings (SSSR count). The molecule has 1 aromatic rings. The fraction of sp³-hybridized carbons (Fsp3) is 0.538. The summed E-state index contributed by atoms with van der Waals surface area (Å²) in [5, 5.41) is 12.3. The summed E-state index contributed by atoms with van der Waals surface area (Å²) in [6, 6.07) is 4.16. The van der Waals surface area contributed by atoms with E-state index in [1.54, 1.807) is 0 Å². The summed E-state index contributed by atoms with van der Waals surface area (Å²) in [6.45, 7) is 4.49. The van der Waals surface area contributed by atoms with E-state index in [1.165, 1.54) is 5.56 Å². The number of pyridine rings is 1. The molecule has 4 heteroatoms. The number of aryl methyl sites for hydroxylation is 2. The summed E-state index contributed by atoms with van der Waals surface area (Å²) in [6.07, 6.45) is 3.19. The Morgan fingerprint density at radius 3 is 2.94 bits per heavy atom. The zero-order valence-corrected chi connectivity index (χ0v) is 10.4. The first kappa shape index (κ1) is 11.9. The first-order chi connectivity index (χ1) is 7.99. The lowest BCUT2D eigenvalue weighted by Crippen LogP contribution is -2.40. The molecule has 0 saturated heterocycles. The minimum absolute atomic E-state index is 0.312. The third-order valence-corrected chi connectivity index (χ3v) is 2.88. The van der Waals surface area contributed by atoms with E-state index in [0.717, 1.165) is 25.0 Å². The molecule has 0 spiro atoms. The van der Waals surface area contributed by atoms with Gasteiger partial charge in [-0.3, -0.25) is 0 Å². The van der Waals surface area contributed by atoms with Crippen LogP contribution in [0.1, 0.15) is 37.1 Å². The number of rotatable bonds is 3. The van der Waals surface area contributed by atoms with Gasteiger partial charge in [-0.1, -0.05) is 0 Å². The molecule has 1 aliphatic carbocycles. The molecule has 90 valence electrons. The molecule has 0 saturated carbocycles. The van der Waals surface area contributed by atoms with Crippen molar-refractivity contribution in [2.45, 2.75) is 38.6 Å². The lowest BCUT2D eigenvalue weighted by Gasteiger charge is -2.20. The molecular weight excluding hydrogens is 212 g/mol. The molecule has 0 unspecified atom stereocenters. The van der Waals surface area contributed by atoms with Crippen LogP contribution in [0.2, 0.25) is 0 Å². The zero-order chi connectivity index (χ0) is 12.5. The third kappa shape index (κ3) is 2.75. The quantitative estimate of drug-likeness (QED) is 0.827. The molecule has 4 nitrogen and oxygen atoms in total. The van der Waals surface area contributed by atoms with Gasteiger partial charge in [0.1, 0.15) is 11.9 Å². The van der Waals surface area contributed by atoms with Crippen molar-refractivity contribution < 1.29 is 0 Å². The van der Waals surface area contributed by atoms with E-state index in [-0.39, 0.29) is 5.54 Å². The average molecular weight is 230 g/mol. The molecule has 1 heterocycles. The number of nitrogens with two attached hydrogens (primary N) is 1. The van der Waals surface area contributed by atoms with Gasteiger partial charge in [-0.05, 0) is 44.7 Å². The monoisotopic (exact) mass is 230 g/mol. The van der Waals surface area contributed by atoms with Gasteiger partial charge in [0.15, 0.2) is 0 Å². The Morgan fingerprint density at radius 2 is 2.29 bits per heavy atom. The normalized spacial score (nSPS) is 14.2. The highest BCUT2D eigenvalue weighted by Gasteiger charge is 2.17. The summed E-state index contributed by atoms with van der Waals surface area (Å²) in [4.78, 5) is 4.54. The molecule has 0 amide bonds. The van der Waals surface area contributed by atoms with Crippen LogP contribution in [0, 0.1) is 11.3 Å². The van der Waals surface area contributed by atoms with Gasteiger partial charge >= 0.3 is 0 Å². The van der Waals surface area contributed by atoms with Crippen molar-refractivity contribution in [3.05, 3.63) is 22.9 Å². The molecule has 3 N–H and O–H groups in total. The van der Waals surface area contributed by atoms with Crippen LogP contribution < -0.4 is 11.1 Å². The van der Waals surface area contributed by atoms with Gasteiger partial charge in [0.25, 0.3) is 0 Å². The summed E-state index contributed by atoms with van der Waals surface area (Å²) in [5.41, 5.74) is 8.57. The van der Waals surface area contributed by atoms with Crippen LogP contribution in [-0.2, 0) is 12.8 Å². The molecule has 1 aliphatic rings. The molecule has 0 aromatic carbocycles. The lowest BCUT2D eigenvalue weighted by molar-refractivity contribution is 0.548. The highest BCUT2D eigenvalue weighted by molar-refractivity contribution is 5.55. The minimum atomic E-state index is -0.312. The fourth-order valence-electron chi connectivity index (χ4n) is 2.00. The summed E-state index contributed by atoms with van der Waals surface area (Å²) in [7, 11) is 0. The van der Waals surface area contributed by atoms with Crippen molar-refractivity contribution >= 4 is 5.82 Å². The van der Waals surface area contributed by atoms with E-state index >= 15 is 0 Å². The topological polar surface area (TPSA) is 74.7 Å².